The summed E-state index contributed by atoms with van der Waals surface area (Å²) in [4.78, 5) is 0. The van der Waals surface area contributed by atoms with Gasteiger partial charge in [-0.2, -0.15) is 0 Å². The summed E-state index contributed by atoms with van der Waals surface area (Å²) in [6, 6.07) is 16.2. The van der Waals surface area contributed by atoms with Crippen LogP contribution in [0.15, 0.2) is 48.5 Å². The number of hydrogen-bond acceptors (Lipinski definition) is 4. The van der Waals surface area contributed by atoms with Crippen LogP contribution in [0.1, 0.15) is 17.2 Å². The van der Waals surface area contributed by atoms with Gasteiger partial charge in [0.05, 0.1) is 20.8 Å². The molecule has 0 saturated heterocycles. The van der Waals surface area contributed by atoms with Crippen molar-refractivity contribution in [1.29, 1.82) is 0 Å². The number of aliphatic hydroxyl groups excluding tert-OH is 1. The normalized spacial score (nSPS) is 12.0. The Labute approximate surface area is 131 Å². The predicted molar refractivity (Wildman–Crippen MR) is 87.5 cm³/mol. The fraction of sp³-hybridized carbons (Fsp3) is 0.333. The first-order chi connectivity index (χ1) is 10.8. The number of benzene rings is 2. The number of nitrogens with one attached hydrogen (secondary N) is 1. The zero-order chi connectivity index (χ0) is 15.8. The summed E-state index contributed by atoms with van der Waals surface area (Å²) in [5, 5.41) is 12.5. The van der Waals surface area contributed by atoms with Crippen LogP contribution >= 0.6 is 0 Å². The minimum absolute atomic E-state index is 0.0413. The molecule has 22 heavy (non-hydrogen) atoms. The molecule has 0 radical (unpaired) electrons. The van der Waals surface area contributed by atoms with E-state index in [1.54, 1.807) is 14.2 Å². The van der Waals surface area contributed by atoms with Gasteiger partial charge in [0.15, 0.2) is 11.5 Å². The van der Waals surface area contributed by atoms with E-state index in [0.717, 1.165) is 17.7 Å². The Kier molecular flexibility index (Phi) is 6.25. The second-order valence-corrected chi connectivity index (χ2v) is 5.00. The largest absolute Gasteiger partial charge is 0.493 e. The molecule has 1 atom stereocenters. The van der Waals surface area contributed by atoms with E-state index in [-0.39, 0.29) is 12.6 Å². The number of hydrogen-bond donors (Lipinski definition) is 2. The average molecular weight is 301 g/mol. The van der Waals surface area contributed by atoms with E-state index in [4.69, 9.17) is 14.6 Å². The van der Waals surface area contributed by atoms with Gasteiger partial charge in [0, 0.05) is 18.2 Å². The Morgan fingerprint density at radius 1 is 1.00 bits per heavy atom. The first-order valence-electron chi connectivity index (χ1n) is 7.39. The third kappa shape index (κ3) is 4.00. The van der Waals surface area contributed by atoms with Crippen molar-refractivity contribution in [2.75, 3.05) is 27.4 Å². The Balaban J connectivity index is 2.32. The Morgan fingerprint density at radius 2 is 1.77 bits per heavy atom. The number of ether oxygens (including phenoxy) is 2. The summed E-state index contributed by atoms with van der Waals surface area (Å²) >= 11 is 0. The van der Waals surface area contributed by atoms with Crippen LogP contribution in [0.5, 0.6) is 11.5 Å². The van der Waals surface area contributed by atoms with Crippen molar-refractivity contribution >= 4 is 0 Å². The molecule has 0 aliphatic carbocycles. The van der Waals surface area contributed by atoms with Gasteiger partial charge in [0.25, 0.3) is 0 Å². The quantitative estimate of drug-likeness (QED) is 0.787. The Bertz CT molecular complexity index is 572. The van der Waals surface area contributed by atoms with Crippen molar-refractivity contribution in [3.05, 3.63) is 59.7 Å². The van der Waals surface area contributed by atoms with Gasteiger partial charge >= 0.3 is 0 Å². The smallest absolute Gasteiger partial charge is 0.165 e. The molecule has 4 nitrogen and oxygen atoms in total. The summed E-state index contributed by atoms with van der Waals surface area (Å²) < 4.78 is 10.9. The maximum absolute atomic E-state index is 9.14. The molecule has 2 N–H and O–H groups in total. The van der Waals surface area contributed by atoms with Gasteiger partial charge in [-0.15, -0.1) is 0 Å². The maximum Gasteiger partial charge on any atom is 0.165 e. The average Bonchev–Trinajstić information content (AvgIpc) is 2.58. The van der Waals surface area contributed by atoms with Crippen LogP contribution in [0, 0.1) is 0 Å². The summed E-state index contributed by atoms with van der Waals surface area (Å²) in [6.07, 6.45) is 0.810. The summed E-state index contributed by atoms with van der Waals surface area (Å²) in [6.45, 7) is 0.620. The molecule has 0 aromatic heterocycles. The van der Waals surface area contributed by atoms with E-state index >= 15 is 0 Å². The SMILES string of the molecule is COc1cccc(C(Cc2ccccc2)NCCO)c1OC. The Morgan fingerprint density at radius 3 is 2.41 bits per heavy atom. The van der Waals surface area contributed by atoms with E-state index in [2.05, 4.69) is 17.4 Å². The van der Waals surface area contributed by atoms with Crippen molar-refractivity contribution < 1.29 is 14.6 Å². The third-order valence-corrected chi connectivity index (χ3v) is 3.59. The second kappa shape index (κ2) is 8.41. The topological polar surface area (TPSA) is 50.7 Å². The van der Waals surface area contributed by atoms with Gasteiger partial charge in [-0.3, -0.25) is 0 Å². The number of methoxy groups -OCH3 is 2. The lowest BCUT2D eigenvalue weighted by Crippen LogP contribution is -2.26. The van der Waals surface area contributed by atoms with Crippen LogP contribution in [0.25, 0.3) is 0 Å². The molecule has 2 rings (SSSR count). The van der Waals surface area contributed by atoms with E-state index in [1.807, 2.05) is 36.4 Å². The molecule has 4 heteroatoms. The van der Waals surface area contributed by atoms with Crippen molar-refractivity contribution in [2.24, 2.45) is 0 Å². The lowest BCUT2D eigenvalue weighted by molar-refractivity contribution is 0.282. The molecule has 0 aliphatic heterocycles. The fourth-order valence-corrected chi connectivity index (χ4v) is 2.57. The Hall–Kier alpha value is -2.04. The van der Waals surface area contributed by atoms with E-state index in [1.165, 1.54) is 5.56 Å². The highest BCUT2D eigenvalue weighted by molar-refractivity contribution is 5.48. The molecule has 0 heterocycles. The number of aliphatic hydroxyl groups is 1. The molecular formula is C18H23NO3. The van der Waals surface area contributed by atoms with E-state index < -0.39 is 0 Å². The van der Waals surface area contributed by atoms with Gasteiger partial charge < -0.3 is 19.9 Å². The molecule has 0 spiro atoms. The zero-order valence-corrected chi connectivity index (χ0v) is 13.1. The van der Waals surface area contributed by atoms with E-state index in [9.17, 15) is 0 Å². The van der Waals surface area contributed by atoms with Crippen molar-refractivity contribution in [3.8, 4) is 11.5 Å². The molecule has 0 aliphatic rings. The highest BCUT2D eigenvalue weighted by Crippen LogP contribution is 2.35. The van der Waals surface area contributed by atoms with Crippen molar-refractivity contribution in [2.45, 2.75) is 12.5 Å². The summed E-state index contributed by atoms with van der Waals surface area (Å²) in [7, 11) is 3.28. The zero-order valence-electron chi connectivity index (χ0n) is 13.1. The van der Waals surface area contributed by atoms with Gasteiger partial charge in [-0.25, -0.2) is 0 Å². The lowest BCUT2D eigenvalue weighted by atomic mass is 9.97. The van der Waals surface area contributed by atoms with Crippen LogP contribution in [0.4, 0.5) is 0 Å². The first kappa shape index (κ1) is 16.3. The van der Waals surface area contributed by atoms with Crippen LogP contribution in [0.3, 0.4) is 0 Å². The first-order valence-corrected chi connectivity index (χ1v) is 7.39. The van der Waals surface area contributed by atoms with Crippen molar-refractivity contribution in [3.63, 3.8) is 0 Å². The molecule has 0 saturated carbocycles. The maximum atomic E-state index is 9.14. The highest BCUT2D eigenvalue weighted by atomic mass is 16.5. The standard InChI is InChI=1S/C18H23NO3/c1-21-17-10-6-9-15(18(17)22-2)16(19-11-12-20)13-14-7-4-3-5-8-14/h3-10,16,19-20H,11-13H2,1-2H3. The second-order valence-electron chi connectivity index (χ2n) is 5.00. The summed E-state index contributed by atoms with van der Waals surface area (Å²) in [5.41, 5.74) is 2.25. The molecule has 0 bridgehead atoms. The molecule has 2 aromatic carbocycles. The summed E-state index contributed by atoms with van der Waals surface area (Å²) in [5.74, 6) is 1.44. The van der Waals surface area contributed by atoms with Crippen LogP contribution in [-0.2, 0) is 6.42 Å². The van der Waals surface area contributed by atoms with Crippen LogP contribution in [-0.4, -0.2) is 32.5 Å². The molecule has 0 fully saturated rings. The van der Waals surface area contributed by atoms with Gasteiger partial charge in [0.1, 0.15) is 0 Å². The van der Waals surface area contributed by atoms with Crippen molar-refractivity contribution in [1.82, 2.24) is 5.32 Å². The van der Waals surface area contributed by atoms with Gasteiger partial charge in [0.2, 0.25) is 0 Å². The molecule has 118 valence electrons. The number of rotatable bonds is 8. The molecule has 0 amide bonds. The monoisotopic (exact) mass is 301 g/mol. The molecule has 1 unspecified atom stereocenters. The minimum atomic E-state index is 0.0413. The predicted octanol–water partition coefficient (Wildman–Crippen LogP) is 2.57. The van der Waals surface area contributed by atoms with Gasteiger partial charge in [-0.1, -0.05) is 42.5 Å². The highest BCUT2D eigenvalue weighted by Gasteiger charge is 2.19. The minimum Gasteiger partial charge on any atom is -0.493 e. The van der Waals surface area contributed by atoms with Crippen LogP contribution < -0.4 is 14.8 Å². The lowest BCUT2D eigenvalue weighted by Gasteiger charge is -2.22. The fourth-order valence-electron chi connectivity index (χ4n) is 2.57. The number of para-hydroxylation sites is 1. The van der Waals surface area contributed by atoms with Crippen LogP contribution in [0.2, 0.25) is 0 Å². The van der Waals surface area contributed by atoms with Gasteiger partial charge in [-0.05, 0) is 18.1 Å². The molecule has 2 aromatic rings. The molecular weight excluding hydrogens is 278 g/mol. The third-order valence-electron chi connectivity index (χ3n) is 3.59. The van der Waals surface area contributed by atoms with E-state index in [0.29, 0.717) is 12.3 Å².